The summed E-state index contributed by atoms with van der Waals surface area (Å²) in [5, 5.41) is 69.4. The van der Waals surface area contributed by atoms with E-state index >= 15 is 0 Å². The highest BCUT2D eigenvalue weighted by atomic mass is 32.1. The molecule has 430 valence electrons. The summed E-state index contributed by atoms with van der Waals surface area (Å²) in [6.45, 7) is 4.67. The van der Waals surface area contributed by atoms with Gasteiger partial charge in [0, 0.05) is 62.3 Å². The molecule has 27 heteroatoms. The lowest BCUT2D eigenvalue weighted by Crippen LogP contribution is -2.51. The number of carbonyl (C=O) groups excluding carboxylic acids is 6. The first-order valence-corrected chi connectivity index (χ1v) is 26.6. The molecule has 0 aliphatic rings. The zero-order valence-electron chi connectivity index (χ0n) is 44.2. The van der Waals surface area contributed by atoms with E-state index in [-0.39, 0.29) is 88.3 Å². The number of amides is 5. The van der Waals surface area contributed by atoms with Gasteiger partial charge in [-0.1, -0.05) is 47.7 Å². The summed E-state index contributed by atoms with van der Waals surface area (Å²) in [7, 11) is 0. The third-order valence-electron chi connectivity index (χ3n) is 12.5. The smallest absolute Gasteiger partial charge is 0.326 e. The van der Waals surface area contributed by atoms with Crippen LogP contribution in [0, 0.1) is 12.9 Å². The second-order valence-corrected chi connectivity index (χ2v) is 20.0. The van der Waals surface area contributed by atoms with Gasteiger partial charge in [0.1, 0.15) is 34.6 Å². The van der Waals surface area contributed by atoms with Gasteiger partial charge >= 0.3 is 11.9 Å². The number of aliphatic carboxylic acids is 2. The SMILES string of the molecule is Cc1nnc(NC(=O)CCCc2cn(CCCC[C@H](NC(=O)C[C@H](NC(=O)C[C@H](NC(=O)CCC(C)(c3ccc(O)cc3)c3ccc(O)cc3)C(=O)O)C(=O)O)C(=O)NCCOCCOCCCC(=O)c3ccc([18F])nc3)nn2)s1. The van der Waals surface area contributed by atoms with E-state index in [1.807, 2.05) is 6.92 Å². The number of aryl methyl sites for hydroxylation is 3. The second kappa shape index (κ2) is 31.9. The maximum atomic E-state index is 13.5. The minimum Gasteiger partial charge on any atom is -0.508 e. The van der Waals surface area contributed by atoms with E-state index in [2.05, 4.69) is 52.1 Å². The van der Waals surface area contributed by atoms with Crippen LogP contribution < -0.4 is 26.6 Å². The molecule has 0 aliphatic heterocycles. The Balaban J connectivity index is 1.10. The Morgan fingerprint density at radius 2 is 1.30 bits per heavy atom. The fourth-order valence-corrected chi connectivity index (χ4v) is 8.75. The number of hydrogen-bond donors (Lipinski definition) is 9. The number of aromatic hydroxyl groups is 2. The Bertz CT molecular complexity index is 2810. The van der Waals surface area contributed by atoms with Crippen LogP contribution in [0.15, 0.2) is 73.1 Å². The molecule has 0 unspecified atom stereocenters. The van der Waals surface area contributed by atoms with E-state index in [0.717, 1.165) is 11.1 Å². The van der Waals surface area contributed by atoms with Gasteiger partial charge in [-0.3, -0.25) is 33.4 Å². The first-order valence-electron chi connectivity index (χ1n) is 25.8. The largest absolute Gasteiger partial charge is 0.508 e. The minimum absolute atomic E-state index is 0.0142. The Labute approximate surface area is 463 Å². The molecular weight excluding hydrogens is 1060 g/mol. The Kier molecular flexibility index (Phi) is 25.0. The number of pyridine rings is 1. The number of Topliss-reactive ketones (excluding diaryl/α,β-unsaturated/α-hetero) is 1. The van der Waals surface area contributed by atoms with Gasteiger partial charge in [0.2, 0.25) is 40.6 Å². The number of ether oxygens (including phenoxy) is 2. The number of carbonyl (C=O) groups is 8. The molecule has 0 spiro atoms. The number of phenols is 2. The van der Waals surface area contributed by atoms with Crippen LogP contribution in [-0.4, -0.2) is 149 Å². The number of rotatable bonds is 36. The third-order valence-corrected chi connectivity index (χ3v) is 13.3. The predicted octanol–water partition coefficient (Wildman–Crippen LogP) is 3.52. The molecule has 3 heterocycles. The van der Waals surface area contributed by atoms with Crippen LogP contribution in [0.3, 0.4) is 0 Å². The Morgan fingerprint density at radius 3 is 1.89 bits per heavy atom. The Morgan fingerprint density at radius 1 is 0.688 bits per heavy atom. The van der Waals surface area contributed by atoms with E-state index in [1.54, 1.807) is 42.1 Å². The van der Waals surface area contributed by atoms with Gasteiger partial charge < -0.3 is 56.5 Å². The Hall–Kier alpha value is -8.30. The molecule has 5 amide bonds. The first-order chi connectivity index (χ1) is 38.3. The number of benzene rings is 2. The molecular formula is C53H66FN11O14S. The van der Waals surface area contributed by atoms with Crippen LogP contribution in [0.5, 0.6) is 11.5 Å². The molecule has 9 N–H and O–H groups in total. The second-order valence-electron chi connectivity index (χ2n) is 18.8. The summed E-state index contributed by atoms with van der Waals surface area (Å²) in [6.07, 6.45) is 3.78. The maximum Gasteiger partial charge on any atom is 0.326 e. The molecule has 0 saturated carbocycles. The molecule has 0 radical (unpaired) electrons. The van der Waals surface area contributed by atoms with Gasteiger partial charge in [-0.2, -0.15) is 4.39 Å². The van der Waals surface area contributed by atoms with Crippen molar-refractivity contribution < 1.29 is 72.6 Å². The van der Waals surface area contributed by atoms with Crippen molar-refractivity contribution in [3.05, 3.63) is 106 Å². The van der Waals surface area contributed by atoms with Gasteiger partial charge in [-0.05, 0) is 99.4 Å². The van der Waals surface area contributed by atoms with Gasteiger partial charge in [-0.15, -0.1) is 15.3 Å². The summed E-state index contributed by atoms with van der Waals surface area (Å²) in [5.41, 5.74) is 1.51. The average molecular weight is 1130 g/mol. The van der Waals surface area contributed by atoms with Crippen molar-refractivity contribution in [2.45, 2.75) is 121 Å². The molecule has 80 heavy (non-hydrogen) atoms. The summed E-state index contributed by atoms with van der Waals surface area (Å²) in [5.74, 6) is -7.67. The number of halogens is 1. The minimum atomic E-state index is -1.87. The van der Waals surface area contributed by atoms with Crippen LogP contribution >= 0.6 is 11.3 Å². The molecule has 5 aromatic rings. The molecule has 0 fully saturated rings. The van der Waals surface area contributed by atoms with Crippen molar-refractivity contribution >= 4 is 63.7 Å². The molecule has 2 aromatic carbocycles. The zero-order chi connectivity index (χ0) is 58.0. The van der Waals surface area contributed by atoms with Crippen molar-refractivity contribution in [3.8, 4) is 11.5 Å². The first kappa shape index (κ1) is 62.5. The molecule has 3 atom stereocenters. The summed E-state index contributed by atoms with van der Waals surface area (Å²) in [6, 6.07) is 10.2. The number of hydrogen-bond acceptors (Lipinski definition) is 18. The van der Waals surface area contributed by atoms with Gasteiger partial charge in [0.05, 0.1) is 38.4 Å². The number of unbranched alkanes of at least 4 members (excludes halogenated alkanes) is 1. The lowest BCUT2D eigenvalue weighted by molar-refractivity contribution is -0.145. The molecule has 0 bridgehead atoms. The van der Waals surface area contributed by atoms with Crippen molar-refractivity contribution in [2.75, 3.05) is 38.3 Å². The highest BCUT2D eigenvalue weighted by molar-refractivity contribution is 7.15. The highest BCUT2D eigenvalue weighted by Crippen LogP contribution is 2.38. The monoisotopic (exact) mass is 1130 g/mol. The number of nitrogens with one attached hydrogen (secondary N) is 5. The summed E-state index contributed by atoms with van der Waals surface area (Å²) < 4.78 is 25.7. The van der Waals surface area contributed by atoms with E-state index in [1.165, 1.54) is 47.9 Å². The van der Waals surface area contributed by atoms with Crippen molar-refractivity contribution in [2.24, 2.45) is 0 Å². The molecule has 5 rings (SSSR count). The zero-order valence-corrected chi connectivity index (χ0v) is 45.0. The third kappa shape index (κ3) is 21.5. The van der Waals surface area contributed by atoms with Gasteiger partial charge in [-0.25, -0.2) is 14.6 Å². The highest BCUT2D eigenvalue weighted by Gasteiger charge is 2.33. The molecule has 0 saturated heterocycles. The lowest BCUT2D eigenvalue weighted by Gasteiger charge is -2.31. The molecule has 3 aromatic heterocycles. The lowest BCUT2D eigenvalue weighted by atomic mass is 9.73. The van der Waals surface area contributed by atoms with E-state index in [4.69, 9.17) is 9.47 Å². The topological polar surface area (TPSA) is 365 Å². The predicted molar refractivity (Wildman–Crippen MR) is 285 cm³/mol. The summed E-state index contributed by atoms with van der Waals surface area (Å²) >= 11 is 1.27. The number of anilines is 1. The molecule has 25 nitrogen and oxygen atoms in total. The van der Waals surface area contributed by atoms with Gasteiger partial charge in [0.15, 0.2) is 5.78 Å². The number of ketones is 1. The van der Waals surface area contributed by atoms with Gasteiger partial charge in [0.25, 0.3) is 0 Å². The van der Waals surface area contributed by atoms with Crippen LogP contribution in [0.25, 0.3) is 0 Å². The van der Waals surface area contributed by atoms with Crippen molar-refractivity contribution in [1.29, 1.82) is 0 Å². The van der Waals surface area contributed by atoms with E-state index in [0.29, 0.717) is 66.2 Å². The number of carboxylic acid groups (broad SMARTS) is 2. The normalized spacial score (nSPS) is 12.4. The number of aromatic nitrogens is 6. The average Bonchev–Trinajstić information content (AvgIpc) is 4.12. The van der Waals surface area contributed by atoms with Crippen LogP contribution in [-0.2, 0) is 61.4 Å². The number of nitrogens with zero attached hydrogens (tertiary/aromatic N) is 6. The standard InChI is InChI=1S/C53H66FN11O14S/c1-33-61-63-52(80-33)60-45(69)10-5-7-37-32-65(64-62-37)24-4-3-8-40(49(73)55-23-26-79-28-27-78-25-6-9-43(68)34-11-20-44(54)56-31-34)57-47(71)30-42(51(76)77)59-48(72)29-41(50(74)75)58-46(70)21-22-53(2,35-12-16-38(66)17-13-35)36-14-18-39(67)19-15-36/h11-20,31-32,40-42,66-67H,3-10,21-30H2,1-2H3,(H,55,73)(H,57,71)(H,58,70)(H,59,72)(H,74,75)(H,76,77)(H,60,63,69)/t40-,41-,42-/m0/s1/i54-1. The fourth-order valence-electron chi connectivity index (χ4n) is 8.15. The molecule has 0 aliphatic carbocycles. The van der Waals surface area contributed by atoms with Crippen LogP contribution in [0.4, 0.5) is 9.52 Å². The fraction of sp³-hybridized carbons (Fsp3) is 0.453. The van der Waals surface area contributed by atoms with Crippen molar-refractivity contribution in [1.82, 2.24) is 51.4 Å². The number of carboxylic acids is 2. The maximum absolute atomic E-state index is 13.5. The van der Waals surface area contributed by atoms with Crippen molar-refractivity contribution in [3.63, 3.8) is 0 Å². The summed E-state index contributed by atoms with van der Waals surface area (Å²) in [4.78, 5) is 106. The van der Waals surface area contributed by atoms with Crippen LogP contribution in [0.2, 0.25) is 0 Å². The van der Waals surface area contributed by atoms with E-state index < -0.39 is 77.9 Å². The van der Waals surface area contributed by atoms with Crippen LogP contribution in [0.1, 0.15) is 110 Å². The van der Waals surface area contributed by atoms with E-state index in [9.17, 15) is 63.2 Å². The number of phenolic OH excluding ortho intramolecular Hbond substituents is 2. The quantitative estimate of drug-likeness (QED) is 0.0157.